The number of nitrogens with two attached hydrogens (primary N) is 5. The molecule has 0 saturated carbocycles. The Balaban J connectivity index is 1.59. The number of ketones is 2. The number of carbonyl (C=O) groups is 10. The molecule has 1 saturated heterocycles. The number of aromatic nitrogens is 1. The number of aliphatic imine (C=N–C) groups is 2. The predicted octanol–water partition coefficient (Wildman–Crippen LogP) is -0.229. The first kappa shape index (κ1) is 62.7. The van der Waals surface area contributed by atoms with Gasteiger partial charge in [-0.05, 0) is 92.7 Å². The Bertz CT molecular complexity index is 2920. The maximum atomic E-state index is 15.0. The molecule has 0 aliphatic carbocycles. The van der Waals surface area contributed by atoms with Crippen molar-refractivity contribution in [3.8, 4) is 0 Å². The van der Waals surface area contributed by atoms with Crippen molar-refractivity contribution in [1.82, 2.24) is 36.9 Å². The van der Waals surface area contributed by atoms with Crippen molar-refractivity contribution in [2.45, 2.75) is 121 Å². The molecule has 25 heteroatoms. The van der Waals surface area contributed by atoms with Crippen LogP contribution in [-0.2, 0) is 62.4 Å². The lowest BCUT2D eigenvalue weighted by Crippen LogP contribution is -2.59. The van der Waals surface area contributed by atoms with E-state index in [0.717, 1.165) is 10.9 Å². The number of aliphatic carboxylic acids is 1. The minimum Gasteiger partial charge on any atom is -0.480 e. The quantitative estimate of drug-likeness (QED) is 0.0328. The van der Waals surface area contributed by atoms with E-state index in [-0.39, 0.29) is 101 Å². The first-order valence-corrected chi connectivity index (χ1v) is 26.8. The second kappa shape index (κ2) is 31.4. The summed E-state index contributed by atoms with van der Waals surface area (Å²) in [7, 11) is 0. The molecule has 0 radical (unpaired) electrons. The smallest absolute Gasteiger partial charge is 0.326 e. The van der Waals surface area contributed by atoms with Crippen molar-refractivity contribution < 1.29 is 53.1 Å². The molecule has 4 aromatic rings. The molecule has 1 aromatic heterocycles. The van der Waals surface area contributed by atoms with Crippen LogP contribution in [0.15, 0.2) is 95.0 Å². The summed E-state index contributed by atoms with van der Waals surface area (Å²) in [5, 5.41) is 27.0. The summed E-state index contributed by atoms with van der Waals surface area (Å²) in [5.74, 6) is -10.6. The van der Waals surface area contributed by atoms with Gasteiger partial charge in [-0.25, -0.2) is 4.79 Å². The number of fused-ring (bicyclic) bond motifs is 1. The van der Waals surface area contributed by atoms with Gasteiger partial charge < -0.3 is 70.7 Å². The van der Waals surface area contributed by atoms with E-state index < -0.39 is 120 Å². The fourth-order valence-electron chi connectivity index (χ4n) is 9.44. The van der Waals surface area contributed by atoms with Crippen LogP contribution in [-0.4, -0.2) is 131 Å². The van der Waals surface area contributed by atoms with Gasteiger partial charge in [-0.2, -0.15) is 0 Å². The third-order valence-corrected chi connectivity index (χ3v) is 13.7. The number of carbonyl (C=O) groups excluding carboxylic acids is 9. The third kappa shape index (κ3) is 20.9. The minimum absolute atomic E-state index is 0.00283. The molecule has 0 bridgehead atoms. The molecule has 3 aromatic carbocycles. The van der Waals surface area contributed by atoms with Crippen LogP contribution in [0.4, 0.5) is 0 Å². The highest BCUT2D eigenvalue weighted by Crippen LogP contribution is 2.26. The molecular weight excluding hydrogens is 1040 g/mol. The van der Waals surface area contributed by atoms with Crippen LogP contribution in [0.3, 0.4) is 0 Å². The summed E-state index contributed by atoms with van der Waals surface area (Å²) < 4.78 is 0. The second-order valence-corrected chi connectivity index (χ2v) is 20.0. The molecule has 7 atom stereocenters. The summed E-state index contributed by atoms with van der Waals surface area (Å²) in [6.07, 6.45) is 0.572. The molecule has 1 aliphatic heterocycles. The maximum absolute atomic E-state index is 15.0. The number of hydrogen-bond donors (Lipinski definition) is 13. The summed E-state index contributed by atoms with van der Waals surface area (Å²) in [6.45, 7) is 1.32. The first-order valence-electron chi connectivity index (χ1n) is 26.8. The van der Waals surface area contributed by atoms with Crippen molar-refractivity contribution in [1.29, 1.82) is 0 Å². The predicted molar refractivity (Wildman–Crippen MR) is 301 cm³/mol. The molecule has 5 rings (SSSR count). The zero-order chi connectivity index (χ0) is 59.0. The van der Waals surface area contributed by atoms with Crippen LogP contribution >= 0.6 is 0 Å². The fraction of sp³-hybridized carbons (Fsp3) is 0.429. The lowest BCUT2D eigenvalue weighted by atomic mass is 9.83. The highest BCUT2D eigenvalue weighted by molar-refractivity contribution is 5.99. The first-order chi connectivity index (χ1) is 38.7. The van der Waals surface area contributed by atoms with E-state index in [4.69, 9.17) is 28.7 Å². The SMILES string of the molecule is CC(=O)N[C@@H](CCCN=C(N)N)C(=O)N[C@H]1CC(=O)NCCCC[C@@H](C(=O)O)NC(=O)[C@H](Cc2c[nH]c3ccccc23)CC(=O)[C@H](CCCN=C(N)N)CC(=O)[C@@H](Cc2ccccc2)NC(=O)[C@H](Cc2ccc(C(N)=O)cc2)NC1=O. The number of para-hydroxylation sites is 1. The lowest BCUT2D eigenvalue weighted by molar-refractivity contribution is -0.143. The van der Waals surface area contributed by atoms with Gasteiger partial charge in [0.05, 0.1) is 12.5 Å². The number of guanidine groups is 2. The zero-order valence-electron chi connectivity index (χ0n) is 45.2. The van der Waals surface area contributed by atoms with E-state index in [2.05, 4.69) is 46.9 Å². The van der Waals surface area contributed by atoms with Gasteiger partial charge in [0, 0.05) is 80.3 Å². The molecule has 25 nitrogen and oxygen atoms in total. The Kier molecular flexibility index (Phi) is 24.3. The Morgan fingerprint density at radius 2 is 1.31 bits per heavy atom. The number of amides is 7. The number of Topliss-reactive ketones (excluding diaryl/α,β-unsaturated/α-hetero) is 2. The number of aromatic amines is 1. The van der Waals surface area contributed by atoms with Crippen molar-refractivity contribution in [3.63, 3.8) is 0 Å². The van der Waals surface area contributed by atoms with Gasteiger partial charge in [-0.15, -0.1) is 0 Å². The van der Waals surface area contributed by atoms with Gasteiger partial charge in [-0.1, -0.05) is 60.7 Å². The number of benzene rings is 3. The second-order valence-electron chi connectivity index (χ2n) is 20.0. The summed E-state index contributed by atoms with van der Waals surface area (Å²) >= 11 is 0. The third-order valence-electron chi connectivity index (χ3n) is 13.7. The van der Waals surface area contributed by atoms with E-state index in [1.165, 1.54) is 31.2 Å². The number of carboxylic acids is 1. The maximum Gasteiger partial charge on any atom is 0.326 e. The summed E-state index contributed by atoms with van der Waals surface area (Å²) in [5.41, 5.74) is 30.3. The number of hydrogen-bond acceptors (Lipinski definition) is 12. The Morgan fingerprint density at radius 3 is 1.98 bits per heavy atom. The van der Waals surface area contributed by atoms with Gasteiger partial charge >= 0.3 is 5.97 Å². The topological polar surface area (TPSA) is 434 Å². The van der Waals surface area contributed by atoms with Crippen LogP contribution in [0.2, 0.25) is 0 Å². The number of primary amides is 1. The van der Waals surface area contributed by atoms with Crippen LogP contribution in [0.25, 0.3) is 10.9 Å². The van der Waals surface area contributed by atoms with E-state index in [1.807, 2.05) is 24.3 Å². The summed E-state index contributed by atoms with van der Waals surface area (Å²) in [6, 6.07) is 14.6. The molecular formula is C56H74N14O11. The summed E-state index contributed by atoms with van der Waals surface area (Å²) in [4.78, 5) is 150. The number of rotatable bonds is 19. The van der Waals surface area contributed by atoms with Gasteiger partial charge in [-0.3, -0.25) is 53.1 Å². The fourth-order valence-corrected chi connectivity index (χ4v) is 9.44. The van der Waals surface area contributed by atoms with Crippen LogP contribution in [0, 0.1) is 11.8 Å². The van der Waals surface area contributed by atoms with E-state index in [9.17, 15) is 53.1 Å². The average Bonchev–Trinajstić information content (AvgIpc) is 4.05. The van der Waals surface area contributed by atoms with Crippen LogP contribution < -0.4 is 60.6 Å². The molecule has 434 valence electrons. The molecule has 0 unspecified atom stereocenters. The average molecular weight is 1120 g/mol. The van der Waals surface area contributed by atoms with Gasteiger partial charge in [0.25, 0.3) is 0 Å². The van der Waals surface area contributed by atoms with Crippen LogP contribution in [0.1, 0.15) is 98.2 Å². The van der Waals surface area contributed by atoms with Gasteiger partial charge in [0.1, 0.15) is 30.0 Å². The monoisotopic (exact) mass is 1120 g/mol. The van der Waals surface area contributed by atoms with Crippen molar-refractivity contribution in [3.05, 3.63) is 107 Å². The molecule has 1 fully saturated rings. The molecule has 81 heavy (non-hydrogen) atoms. The van der Waals surface area contributed by atoms with Crippen LogP contribution in [0.5, 0.6) is 0 Å². The number of carboxylic acid groups (broad SMARTS) is 1. The highest BCUT2D eigenvalue weighted by Gasteiger charge is 2.36. The number of H-pyrrole nitrogens is 1. The highest BCUT2D eigenvalue weighted by atomic mass is 16.4. The normalized spacial score (nSPS) is 20.5. The zero-order valence-corrected chi connectivity index (χ0v) is 45.2. The van der Waals surface area contributed by atoms with E-state index in [0.29, 0.717) is 16.7 Å². The van der Waals surface area contributed by atoms with Crippen molar-refractivity contribution in [2.24, 2.45) is 50.5 Å². The van der Waals surface area contributed by atoms with Crippen molar-refractivity contribution >= 4 is 81.7 Å². The lowest BCUT2D eigenvalue weighted by Gasteiger charge is -2.27. The number of nitrogens with zero attached hydrogens (tertiary/aromatic N) is 2. The molecule has 7 amide bonds. The molecule has 2 heterocycles. The Labute approximate surface area is 468 Å². The molecule has 1 aliphatic rings. The van der Waals surface area contributed by atoms with Gasteiger partial charge in [0.15, 0.2) is 17.7 Å². The largest absolute Gasteiger partial charge is 0.480 e. The van der Waals surface area contributed by atoms with E-state index >= 15 is 0 Å². The van der Waals surface area contributed by atoms with Crippen molar-refractivity contribution in [2.75, 3.05) is 19.6 Å². The molecule has 18 N–H and O–H groups in total. The Hall–Kier alpha value is -9.16. The van der Waals surface area contributed by atoms with Gasteiger partial charge in [0.2, 0.25) is 41.4 Å². The number of nitrogens with one attached hydrogen (secondary N) is 7. The standard InChI is InChI=1S/C56H74N14O11/c1-32(71)66-41(17-10-24-64-56(60)61)51(77)70-45-30-48(74)62-22-8-7-16-42(54(80)81)67-50(76)37(27-38-31-65-40-15-6-5-14-39(38)40)29-46(72)36(13-9-23-63-55(58)59)28-47(73)43(25-33-11-3-2-4-12-33)68-52(78)44(69-53(45)79)26-34-18-20-35(21-19-34)49(57)75/h2-6,11-12,14-15,18-21,31,36-37,41-45,65H,7-10,13,16-17,22-30H2,1H3,(H2,57,75)(H,62,74)(H,66,71)(H,67,76)(H,68,78)(H,69,79)(H,70,77)(H,80,81)(H4,58,59,63)(H4,60,61,64)/t36-,37-,41+,42+,43-,44+,45+/m1/s1. The van der Waals surface area contributed by atoms with E-state index in [1.54, 1.807) is 36.5 Å². The minimum atomic E-state index is -1.70. The Morgan fingerprint density at radius 1 is 0.679 bits per heavy atom. The molecule has 0 spiro atoms.